The van der Waals surface area contributed by atoms with Gasteiger partial charge in [-0.1, -0.05) is 23.9 Å². The van der Waals surface area contributed by atoms with E-state index in [1.54, 1.807) is 25.1 Å². The van der Waals surface area contributed by atoms with E-state index in [0.29, 0.717) is 10.9 Å². The van der Waals surface area contributed by atoms with Crippen LogP contribution < -0.4 is 10.1 Å². The highest BCUT2D eigenvalue weighted by Gasteiger charge is 2.12. The predicted octanol–water partition coefficient (Wildman–Crippen LogP) is 1.11. The highest BCUT2D eigenvalue weighted by Crippen LogP contribution is 2.26. The molecule has 6 nitrogen and oxygen atoms in total. The summed E-state index contributed by atoms with van der Waals surface area (Å²) in [6.07, 6.45) is 1.60. The first-order valence-corrected chi connectivity index (χ1v) is 6.61. The summed E-state index contributed by atoms with van der Waals surface area (Å²) in [7, 11) is 3.22. The maximum absolute atomic E-state index is 11.3. The molecule has 0 saturated heterocycles. The molecule has 2 rings (SSSR count). The lowest BCUT2D eigenvalue weighted by Crippen LogP contribution is -2.20. The summed E-state index contributed by atoms with van der Waals surface area (Å²) in [6, 6.07) is 7.57. The van der Waals surface area contributed by atoms with E-state index in [1.807, 2.05) is 24.3 Å². The number of nitrogens with one attached hydrogen (secondary N) is 1. The van der Waals surface area contributed by atoms with Crippen LogP contribution in [-0.4, -0.2) is 40.6 Å². The number of rotatable bonds is 5. The van der Waals surface area contributed by atoms with Gasteiger partial charge in [-0.15, -0.1) is 10.2 Å². The topological polar surface area (TPSA) is 69.0 Å². The number of methoxy groups -OCH3 is 1. The average Bonchev–Trinajstić information content (AvgIpc) is 2.92. The third kappa shape index (κ3) is 3.05. The molecule has 0 bridgehead atoms. The smallest absolute Gasteiger partial charge is 0.230 e. The van der Waals surface area contributed by atoms with Crippen LogP contribution in [0, 0.1) is 0 Å². The monoisotopic (exact) mass is 278 g/mol. The number of hydrogen-bond acceptors (Lipinski definition) is 5. The van der Waals surface area contributed by atoms with Crippen molar-refractivity contribution < 1.29 is 9.53 Å². The molecule has 0 fully saturated rings. The molecule has 19 heavy (non-hydrogen) atoms. The Bertz CT molecular complexity index is 570. The lowest BCUT2D eigenvalue weighted by atomic mass is 10.3. The van der Waals surface area contributed by atoms with E-state index in [9.17, 15) is 4.79 Å². The number of carbonyl (C=O) groups excluding carboxylic acids is 1. The van der Waals surface area contributed by atoms with Crippen LogP contribution in [0.4, 0.5) is 0 Å². The zero-order chi connectivity index (χ0) is 13.7. The van der Waals surface area contributed by atoms with Gasteiger partial charge in [0.2, 0.25) is 5.91 Å². The summed E-state index contributed by atoms with van der Waals surface area (Å²) in [5.74, 6) is 0.966. The van der Waals surface area contributed by atoms with Gasteiger partial charge >= 0.3 is 0 Å². The molecule has 1 heterocycles. The molecule has 0 radical (unpaired) electrons. The van der Waals surface area contributed by atoms with Gasteiger partial charge in [-0.3, -0.25) is 9.36 Å². The maximum atomic E-state index is 11.3. The lowest BCUT2D eigenvalue weighted by Gasteiger charge is -2.10. The molecule has 0 aliphatic heterocycles. The third-order valence-electron chi connectivity index (χ3n) is 2.47. The van der Waals surface area contributed by atoms with Crippen LogP contribution >= 0.6 is 11.8 Å². The summed E-state index contributed by atoms with van der Waals surface area (Å²) in [5, 5.41) is 11.1. The van der Waals surface area contributed by atoms with Crippen molar-refractivity contribution in [2.75, 3.05) is 19.9 Å². The fraction of sp³-hybridized carbons (Fsp3) is 0.250. The van der Waals surface area contributed by atoms with Gasteiger partial charge in [-0.25, -0.2) is 0 Å². The van der Waals surface area contributed by atoms with E-state index in [2.05, 4.69) is 15.5 Å². The van der Waals surface area contributed by atoms with E-state index in [-0.39, 0.29) is 5.91 Å². The molecule has 0 unspecified atom stereocenters. The second kappa shape index (κ2) is 6.24. The van der Waals surface area contributed by atoms with Crippen LogP contribution in [0.3, 0.4) is 0 Å². The van der Waals surface area contributed by atoms with Crippen molar-refractivity contribution in [2.45, 2.75) is 5.16 Å². The Morgan fingerprint density at radius 3 is 3.00 bits per heavy atom. The Morgan fingerprint density at radius 2 is 2.26 bits per heavy atom. The summed E-state index contributed by atoms with van der Waals surface area (Å²) >= 11 is 1.32. The summed E-state index contributed by atoms with van der Waals surface area (Å²) in [5.41, 5.74) is 0.842. The minimum atomic E-state index is -0.0559. The molecule has 1 amide bonds. The maximum Gasteiger partial charge on any atom is 0.230 e. The van der Waals surface area contributed by atoms with E-state index >= 15 is 0 Å². The fourth-order valence-corrected chi connectivity index (χ4v) is 2.31. The number of hydrogen-bond donors (Lipinski definition) is 1. The summed E-state index contributed by atoms with van der Waals surface area (Å²) in [4.78, 5) is 11.3. The van der Waals surface area contributed by atoms with Crippen molar-refractivity contribution >= 4 is 17.7 Å². The Morgan fingerprint density at radius 1 is 1.47 bits per heavy atom. The molecule has 0 aliphatic carbocycles. The number of benzene rings is 1. The number of aromatic nitrogens is 3. The first-order valence-electron chi connectivity index (χ1n) is 5.63. The quantitative estimate of drug-likeness (QED) is 0.830. The molecule has 100 valence electrons. The largest absolute Gasteiger partial charge is 0.495 e. The number of thioether (sulfide) groups is 1. The standard InChI is InChI=1S/C12H14N4O2S/c1-13-11(17)7-19-12-15-14-8-16(12)9-5-3-4-6-10(9)18-2/h3-6,8H,7H2,1-2H3,(H,13,17). The minimum absolute atomic E-state index is 0.0559. The van der Waals surface area contributed by atoms with Crippen molar-refractivity contribution in [3.05, 3.63) is 30.6 Å². The first kappa shape index (κ1) is 13.4. The van der Waals surface area contributed by atoms with Crippen molar-refractivity contribution in [3.63, 3.8) is 0 Å². The van der Waals surface area contributed by atoms with Crippen LogP contribution in [0.15, 0.2) is 35.7 Å². The molecular weight excluding hydrogens is 264 g/mol. The molecule has 1 aromatic carbocycles. The number of para-hydroxylation sites is 2. The molecule has 1 aromatic heterocycles. The van der Waals surface area contributed by atoms with Gasteiger partial charge in [0.25, 0.3) is 0 Å². The van der Waals surface area contributed by atoms with Crippen LogP contribution in [0.1, 0.15) is 0 Å². The van der Waals surface area contributed by atoms with Gasteiger partial charge in [0.05, 0.1) is 18.6 Å². The minimum Gasteiger partial charge on any atom is -0.495 e. The number of ether oxygens (including phenoxy) is 1. The molecule has 0 saturated carbocycles. The second-order valence-corrected chi connectivity index (χ2v) is 4.56. The van der Waals surface area contributed by atoms with Crippen LogP contribution in [0.25, 0.3) is 5.69 Å². The SMILES string of the molecule is CNC(=O)CSc1nncn1-c1ccccc1OC. The Hall–Kier alpha value is -2.02. The Balaban J connectivity index is 2.26. The van der Waals surface area contributed by atoms with Gasteiger partial charge in [0, 0.05) is 7.05 Å². The molecule has 0 aliphatic rings. The van der Waals surface area contributed by atoms with Gasteiger partial charge in [0.1, 0.15) is 12.1 Å². The normalized spacial score (nSPS) is 10.2. The predicted molar refractivity (Wildman–Crippen MR) is 72.7 cm³/mol. The van der Waals surface area contributed by atoms with Gasteiger partial charge in [-0.2, -0.15) is 0 Å². The van der Waals surface area contributed by atoms with E-state index in [4.69, 9.17) is 4.74 Å². The zero-order valence-corrected chi connectivity index (χ0v) is 11.5. The summed E-state index contributed by atoms with van der Waals surface area (Å²) in [6.45, 7) is 0. The van der Waals surface area contributed by atoms with Gasteiger partial charge in [0.15, 0.2) is 5.16 Å². The Labute approximate surface area is 115 Å². The van der Waals surface area contributed by atoms with Crippen molar-refractivity contribution in [3.8, 4) is 11.4 Å². The zero-order valence-electron chi connectivity index (χ0n) is 10.7. The van der Waals surface area contributed by atoms with Crippen LogP contribution in [0.5, 0.6) is 5.75 Å². The second-order valence-electron chi connectivity index (χ2n) is 3.62. The third-order valence-corrected chi connectivity index (χ3v) is 3.42. The molecule has 2 aromatic rings. The Kier molecular flexibility index (Phi) is 4.40. The molecule has 0 atom stereocenters. The lowest BCUT2D eigenvalue weighted by molar-refractivity contribution is -0.118. The van der Waals surface area contributed by atoms with Crippen LogP contribution in [-0.2, 0) is 4.79 Å². The highest BCUT2D eigenvalue weighted by atomic mass is 32.2. The van der Waals surface area contributed by atoms with E-state index in [1.165, 1.54) is 11.8 Å². The first-order chi connectivity index (χ1) is 9.26. The van der Waals surface area contributed by atoms with Crippen molar-refractivity contribution in [1.29, 1.82) is 0 Å². The highest BCUT2D eigenvalue weighted by molar-refractivity contribution is 7.99. The van der Waals surface area contributed by atoms with Gasteiger partial charge in [-0.05, 0) is 12.1 Å². The molecule has 7 heteroatoms. The molecule has 1 N–H and O–H groups in total. The molecular formula is C12H14N4O2S. The van der Waals surface area contributed by atoms with Gasteiger partial charge < -0.3 is 10.1 Å². The fourth-order valence-electron chi connectivity index (χ4n) is 1.52. The number of nitrogens with zero attached hydrogens (tertiary/aromatic N) is 3. The van der Waals surface area contributed by atoms with E-state index < -0.39 is 0 Å². The van der Waals surface area contributed by atoms with Crippen molar-refractivity contribution in [2.24, 2.45) is 0 Å². The van der Waals surface area contributed by atoms with E-state index in [0.717, 1.165) is 11.4 Å². The molecule has 0 spiro atoms. The van der Waals surface area contributed by atoms with Crippen LogP contribution in [0.2, 0.25) is 0 Å². The summed E-state index contributed by atoms with van der Waals surface area (Å²) < 4.78 is 7.10. The van der Waals surface area contributed by atoms with Crippen molar-refractivity contribution in [1.82, 2.24) is 20.1 Å². The number of amides is 1. The number of carbonyl (C=O) groups is 1. The average molecular weight is 278 g/mol.